The van der Waals surface area contributed by atoms with Gasteiger partial charge in [0.05, 0.1) is 21.7 Å². The molecule has 1 atom stereocenters. The van der Waals surface area contributed by atoms with Crippen molar-refractivity contribution in [2.45, 2.75) is 13.3 Å². The number of carbonyl (C=O) groups is 2. The largest absolute Gasteiger partial charge is 0.360 e. The van der Waals surface area contributed by atoms with Crippen molar-refractivity contribution in [1.82, 2.24) is 5.16 Å². The van der Waals surface area contributed by atoms with Gasteiger partial charge >= 0.3 is 0 Å². The van der Waals surface area contributed by atoms with Crippen LogP contribution in [0.3, 0.4) is 0 Å². The van der Waals surface area contributed by atoms with Crippen LogP contribution >= 0.6 is 23.2 Å². The second-order valence-corrected chi connectivity index (χ2v) is 6.08. The Morgan fingerprint density at radius 3 is 2.91 bits per heavy atom. The Bertz CT molecular complexity index is 775. The number of hydrogen-bond donors (Lipinski definition) is 1. The van der Waals surface area contributed by atoms with Crippen LogP contribution in [-0.4, -0.2) is 23.5 Å². The summed E-state index contributed by atoms with van der Waals surface area (Å²) in [6.45, 7) is 1.96. The minimum absolute atomic E-state index is 0.103. The third kappa shape index (κ3) is 3.18. The second kappa shape index (κ2) is 6.22. The molecule has 1 aliphatic heterocycles. The van der Waals surface area contributed by atoms with Crippen LogP contribution in [0.1, 0.15) is 12.2 Å². The highest BCUT2D eigenvalue weighted by Crippen LogP contribution is 2.35. The molecule has 1 N–H and O–H groups in total. The highest BCUT2D eigenvalue weighted by atomic mass is 35.5. The maximum absolute atomic E-state index is 12.3. The van der Waals surface area contributed by atoms with E-state index in [1.54, 1.807) is 31.2 Å². The minimum atomic E-state index is -0.491. The molecule has 2 amide bonds. The number of aryl methyl sites for hydroxylation is 1. The maximum Gasteiger partial charge on any atom is 0.231 e. The van der Waals surface area contributed by atoms with Crippen LogP contribution in [0.15, 0.2) is 28.8 Å². The molecule has 0 spiro atoms. The number of aromatic nitrogens is 1. The van der Waals surface area contributed by atoms with E-state index in [2.05, 4.69) is 10.5 Å². The first kappa shape index (κ1) is 15.8. The summed E-state index contributed by atoms with van der Waals surface area (Å²) in [6, 6.07) is 6.67. The van der Waals surface area contributed by atoms with Crippen LogP contribution in [0, 0.1) is 12.8 Å². The average molecular weight is 354 g/mol. The zero-order chi connectivity index (χ0) is 16.6. The Morgan fingerprint density at radius 1 is 1.43 bits per heavy atom. The minimum Gasteiger partial charge on any atom is -0.360 e. The summed E-state index contributed by atoms with van der Waals surface area (Å²) in [5.41, 5.74) is 0.511. The predicted octanol–water partition coefficient (Wildman–Crippen LogP) is 3.28. The Hall–Kier alpha value is -2.05. The van der Waals surface area contributed by atoms with Gasteiger partial charge in [-0.05, 0) is 19.1 Å². The van der Waals surface area contributed by atoms with Crippen molar-refractivity contribution in [1.29, 1.82) is 0 Å². The van der Waals surface area contributed by atoms with E-state index in [4.69, 9.17) is 27.7 Å². The summed E-state index contributed by atoms with van der Waals surface area (Å²) in [7, 11) is 0. The van der Waals surface area contributed by atoms with Crippen molar-refractivity contribution in [2.75, 3.05) is 16.8 Å². The molecule has 0 radical (unpaired) electrons. The van der Waals surface area contributed by atoms with E-state index in [0.29, 0.717) is 27.3 Å². The first-order valence-corrected chi connectivity index (χ1v) is 7.70. The molecule has 1 saturated heterocycles. The highest BCUT2D eigenvalue weighted by Gasteiger charge is 2.36. The number of nitrogens with zero attached hydrogens (tertiary/aromatic N) is 2. The number of anilines is 2. The van der Waals surface area contributed by atoms with E-state index in [-0.39, 0.29) is 24.8 Å². The lowest BCUT2D eigenvalue weighted by Crippen LogP contribution is -2.28. The Kier molecular flexibility index (Phi) is 4.28. The van der Waals surface area contributed by atoms with E-state index in [9.17, 15) is 9.59 Å². The van der Waals surface area contributed by atoms with Crippen LogP contribution in [0.4, 0.5) is 11.5 Å². The summed E-state index contributed by atoms with van der Waals surface area (Å²) >= 11 is 12.1. The van der Waals surface area contributed by atoms with Crippen LogP contribution in [0.25, 0.3) is 0 Å². The first-order valence-electron chi connectivity index (χ1n) is 6.94. The number of rotatable bonds is 3. The molecule has 0 unspecified atom stereocenters. The van der Waals surface area contributed by atoms with Crippen molar-refractivity contribution in [3.63, 3.8) is 0 Å². The monoisotopic (exact) mass is 353 g/mol. The second-order valence-electron chi connectivity index (χ2n) is 5.29. The summed E-state index contributed by atoms with van der Waals surface area (Å²) in [6.07, 6.45) is 0.103. The molecular weight excluding hydrogens is 341 g/mol. The van der Waals surface area contributed by atoms with Gasteiger partial charge in [0.2, 0.25) is 11.8 Å². The maximum atomic E-state index is 12.3. The normalized spacial score (nSPS) is 17.6. The number of benzene rings is 1. The van der Waals surface area contributed by atoms with Gasteiger partial charge in [-0.25, -0.2) is 0 Å². The fourth-order valence-corrected chi connectivity index (χ4v) is 2.87. The fourth-order valence-electron chi connectivity index (χ4n) is 2.47. The lowest BCUT2D eigenvalue weighted by molar-refractivity contribution is -0.122. The van der Waals surface area contributed by atoms with Crippen molar-refractivity contribution in [3.05, 3.63) is 40.1 Å². The summed E-state index contributed by atoms with van der Waals surface area (Å²) in [4.78, 5) is 26.0. The van der Waals surface area contributed by atoms with Crippen molar-refractivity contribution in [2.24, 2.45) is 5.92 Å². The molecule has 120 valence electrons. The standard InChI is InChI=1S/C15H13Cl2N3O3/c1-8-5-12(19-23-8)18-15(22)9-6-13(21)20(7-9)11-4-2-3-10(16)14(11)17/h2-5,9H,6-7H2,1H3,(H,18,19,22)/t9-/m0/s1. The fraction of sp³-hybridized carbons (Fsp3) is 0.267. The summed E-state index contributed by atoms with van der Waals surface area (Å²) < 4.78 is 4.89. The molecule has 1 aromatic heterocycles. The molecule has 23 heavy (non-hydrogen) atoms. The number of nitrogens with one attached hydrogen (secondary N) is 1. The van der Waals surface area contributed by atoms with Gasteiger partial charge in [-0.3, -0.25) is 9.59 Å². The van der Waals surface area contributed by atoms with Gasteiger partial charge in [-0.1, -0.05) is 34.4 Å². The Morgan fingerprint density at radius 2 is 2.22 bits per heavy atom. The number of halogens is 2. The molecule has 1 fully saturated rings. The summed E-state index contributed by atoms with van der Waals surface area (Å²) in [5.74, 6) is -0.0261. The zero-order valence-electron chi connectivity index (χ0n) is 12.2. The molecule has 8 heteroatoms. The van der Waals surface area contributed by atoms with E-state index < -0.39 is 5.92 Å². The topological polar surface area (TPSA) is 75.4 Å². The third-order valence-electron chi connectivity index (χ3n) is 3.60. The van der Waals surface area contributed by atoms with Crippen LogP contribution in [0.5, 0.6) is 0 Å². The number of carbonyl (C=O) groups excluding carboxylic acids is 2. The van der Waals surface area contributed by atoms with E-state index in [1.807, 2.05) is 0 Å². The Labute approximate surface area is 142 Å². The van der Waals surface area contributed by atoms with Crippen LogP contribution in [0.2, 0.25) is 10.0 Å². The lowest BCUT2D eigenvalue weighted by atomic mass is 10.1. The molecule has 1 aliphatic rings. The SMILES string of the molecule is Cc1cc(NC(=O)[C@H]2CC(=O)N(c3cccc(Cl)c3Cl)C2)no1. The third-order valence-corrected chi connectivity index (χ3v) is 4.41. The molecule has 6 nitrogen and oxygen atoms in total. The van der Waals surface area contributed by atoms with Crippen LogP contribution < -0.4 is 10.2 Å². The molecule has 0 bridgehead atoms. The average Bonchev–Trinajstić information content (AvgIpc) is 3.08. The highest BCUT2D eigenvalue weighted by molar-refractivity contribution is 6.44. The van der Waals surface area contributed by atoms with Gasteiger partial charge in [0, 0.05) is 19.0 Å². The molecule has 0 saturated carbocycles. The summed E-state index contributed by atoms with van der Waals surface area (Å²) in [5, 5.41) is 7.01. The number of hydrogen-bond acceptors (Lipinski definition) is 4. The number of amides is 2. The Balaban J connectivity index is 1.74. The van der Waals surface area contributed by atoms with Gasteiger partial charge in [0.1, 0.15) is 5.76 Å². The van der Waals surface area contributed by atoms with Gasteiger partial charge < -0.3 is 14.7 Å². The van der Waals surface area contributed by atoms with Crippen molar-refractivity contribution in [3.8, 4) is 0 Å². The van der Waals surface area contributed by atoms with Gasteiger partial charge in [0.25, 0.3) is 0 Å². The first-order chi connectivity index (χ1) is 11.0. The van der Waals surface area contributed by atoms with Crippen molar-refractivity contribution >= 4 is 46.5 Å². The van der Waals surface area contributed by atoms with E-state index in [0.717, 1.165) is 0 Å². The van der Waals surface area contributed by atoms with Gasteiger partial charge in [-0.15, -0.1) is 0 Å². The lowest BCUT2D eigenvalue weighted by Gasteiger charge is -2.18. The zero-order valence-corrected chi connectivity index (χ0v) is 13.7. The predicted molar refractivity (Wildman–Crippen MR) is 86.8 cm³/mol. The quantitative estimate of drug-likeness (QED) is 0.918. The molecule has 0 aliphatic carbocycles. The molecular formula is C15H13Cl2N3O3. The van der Waals surface area contributed by atoms with Crippen molar-refractivity contribution < 1.29 is 14.1 Å². The molecule has 2 heterocycles. The van der Waals surface area contributed by atoms with Crippen LogP contribution in [-0.2, 0) is 9.59 Å². The van der Waals surface area contributed by atoms with E-state index in [1.165, 1.54) is 4.90 Å². The van der Waals surface area contributed by atoms with Gasteiger partial charge in [-0.2, -0.15) is 0 Å². The van der Waals surface area contributed by atoms with E-state index >= 15 is 0 Å². The molecule has 2 aromatic rings. The molecule has 3 rings (SSSR count). The smallest absolute Gasteiger partial charge is 0.231 e. The van der Waals surface area contributed by atoms with Gasteiger partial charge in [0.15, 0.2) is 5.82 Å². The molecule has 1 aromatic carbocycles.